The molecule has 2 aromatic carbocycles. The number of fused-ring (bicyclic) bond motifs is 1. The van der Waals surface area contributed by atoms with Crippen molar-refractivity contribution < 1.29 is 28.2 Å². The van der Waals surface area contributed by atoms with Gasteiger partial charge in [0.15, 0.2) is 22.9 Å². The lowest BCUT2D eigenvalue weighted by Gasteiger charge is -2.32. The molecule has 0 spiro atoms. The van der Waals surface area contributed by atoms with Crippen molar-refractivity contribution in [1.82, 2.24) is 4.90 Å². The third-order valence-corrected chi connectivity index (χ3v) is 6.60. The van der Waals surface area contributed by atoms with Crippen molar-refractivity contribution in [2.24, 2.45) is 0 Å². The SMILES string of the molecule is COc1cc(Cl)cc2cc(C(=O)C3=C(O)C(=O)N(C4CCCC4)C3c3ccc(F)cc3)oc12. The van der Waals surface area contributed by atoms with E-state index in [1.54, 1.807) is 17.0 Å². The highest BCUT2D eigenvalue weighted by atomic mass is 35.5. The number of methoxy groups -OCH3 is 1. The lowest BCUT2D eigenvalue weighted by molar-refractivity contribution is -0.131. The number of carbonyl (C=O) groups excluding carboxylic acids is 2. The third-order valence-electron chi connectivity index (χ3n) is 6.38. The maximum Gasteiger partial charge on any atom is 0.290 e. The number of ketones is 1. The van der Waals surface area contributed by atoms with Crippen LogP contribution in [0.1, 0.15) is 47.8 Å². The predicted octanol–water partition coefficient (Wildman–Crippen LogP) is 5.75. The molecule has 2 heterocycles. The van der Waals surface area contributed by atoms with Crippen molar-refractivity contribution >= 4 is 34.3 Å². The third kappa shape index (κ3) is 3.56. The van der Waals surface area contributed by atoms with E-state index in [4.69, 9.17) is 20.8 Å². The van der Waals surface area contributed by atoms with Crippen LogP contribution in [0.15, 0.2) is 58.2 Å². The second-order valence-electron chi connectivity index (χ2n) is 8.33. The van der Waals surface area contributed by atoms with Gasteiger partial charge in [0, 0.05) is 22.5 Å². The number of Topliss-reactive ketones (excluding diaryl/α,β-unsaturated/α-hetero) is 1. The first-order valence-electron chi connectivity index (χ1n) is 10.7. The van der Waals surface area contributed by atoms with Gasteiger partial charge in [-0.1, -0.05) is 36.6 Å². The molecular formula is C25H21ClFNO5. The Morgan fingerprint density at radius 1 is 1.18 bits per heavy atom. The van der Waals surface area contributed by atoms with E-state index in [1.807, 2.05) is 0 Å². The largest absolute Gasteiger partial charge is 0.503 e. The predicted molar refractivity (Wildman–Crippen MR) is 120 cm³/mol. The fraction of sp³-hybridized carbons (Fsp3) is 0.280. The van der Waals surface area contributed by atoms with E-state index < -0.39 is 29.3 Å². The zero-order valence-corrected chi connectivity index (χ0v) is 18.6. The second kappa shape index (κ2) is 8.23. The van der Waals surface area contributed by atoms with Crippen LogP contribution < -0.4 is 4.74 Å². The van der Waals surface area contributed by atoms with Crippen molar-refractivity contribution in [3.05, 3.63) is 76.0 Å². The summed E-state index contributed by atoms with van der Waals surface area (Å²) < 4.78 is 24.7. The van der Waals surface area contributed by atoms with Gasteiger partial charge in [-0.2, -0.15) is 0 Å². The van der Waals surface area contributed by atoms with Crippen LogP contribution in [0.2, 0.25) is 5.02 Å². The molecule has 0 saturated heterocycles. The number of aliphatic hydroxyl groups excluding tert-OH is 1. The summed E-state index contributed by atoms with van der Waals surface area (Å²) >= 11 is 6.13. The minimum Gasteiger partial charge on any atom is -0.503 e. The van der Waals surface area contributed by atoms with Gasteiger partial charge in [-0.25, -0.2) is 4.39 Å². The molecule has 1 atom stereocenters. The van der Waals surface area contributed by atoms with Crippen molar-refractivity contribution in [2.45, 2.75) is 37.8 Å². The average Bonchev–Trinajstić information content (AvgIpc) is 3.52. The van der Waals surface area contributed by atoms with Gasteiger partial charge in [-0.3, -0.25) is 9.59 Å². The Kier molecular flexibility index (Phi) is 5.37. The van der Waals surface area contributed by atoms with Crippen LogP contribution in [0, 0.1) is 5.82 Å². The Morgan fingerprint density at radius 3 is 2.55 bits per heavy atom. The monoisotopic (exact) mass is 469 g/mol. The lowest BCUT2D eigenvalue weighted by Crippen LogP contribution is -2.38. The fourth-order valence-corrected chi connectivity index (χ4v) is 5.09. The molecule has 8 heteroatoms. The highest BCUT2D eigenvalue weighted by Crippen LogP contribution is 2.44. The average molecular weight is 470 g/mol. The number of rotatable bonds is 5. The smallest absolute Gasteiger partial charge is 0.290 e. The summed E-state index contributed by atoms with van der Waals surface area (Å²) in [5.41, 5.74) is 0.795. The molecule has 2 aliphatic rings. The summed E-state index contributed by atoms with van der Waals surface area (Å²) in [7, 11) is 1.46. The van der Waals surface area contributed by atoms with Crippen LogP contribution >= 0.6 is 11.6 Å². The van der Waals surface area contributed by atoms with Crippen LogP contribution in [-0.2, 0) is 4.79 Å². The van der Waals surface area contributed by atoms with Gasteiger partial charge in [0.1, 0.15) is 5.82 Å². The number of aliphatic hydroxyl groups is 1. The minimum atomic E-state index is -0.840. The normalized spacial score (nSPS) is 19.2. The number of furan rings is 1. The summed E-state index contributed by atoms with van der Waals surface area (Å²) in [5, 5.41) is 11.8. The highest BCUT2D eigenvalue weighted by molar-refractivity contribution is 6.31. The molecule has 1 aliphatic carbocycles. The van der Waals surface area contributed by atoms with Gasteiger partial charge in [0.25, 0.3) is 5.91 Å². The Morgan fingerprint density at radius 2 is 1.88 bits per heavy atom. The molecule has 170 valence electrons. The molecule has 6 nitrogen and oxygen atoms in total. The number of hydrogen-bond acceptors (Lipinski definition) is 5. The number of nitrogens with zero attached hydrogens (tertiary/aromatic N) is 1. The zero-order valence-electron chi connectivity index (χ0n) is 17.8. The number of hydrogen-bond donors (Lipinski definition) is 1. The molecule has 1 N–H and O–H groups in total. The Hall–Kier alpha value is -3.32. The highest BCUT2D eigenvalue weighted by Gasteiger charge is 2.47. The molecule has 0 radical (unpaired) electrons. The van der Waals surface area contributed by atoms with E-state index in [0.29, 0.717) is 27.3 Å². The van der Waals surface area contributed by atoms with E-state index in [-0.39, 0.29) is 17.4 Å². The molecule has 1 unspecified atom stereocenters. The van der Waals surface area contributed by atoms with E-state index >= 15 is 0 Å². The van der Waals surface area contributed by atoms with Crippen molar-refractivity contribution in [2.75, 3.05) is 7.11 Å². The number of halogens is 2. The van der Waals surface area contributed by atoms with E-state index in [1.165, 1.54) is 37.4 Å². The maximum atomic E-state index is 13.6. The van der Waals surface area contributed by atoms with Gasteiger partial charge in [0.2, 0.25) is 5.78 Å². The maximum absolute atomic E-state index is 13.6. The first kappa shape index (κ1) is 21.5. The summed E-state index contributed by atoms with van der Waals surface area (Å²) in [6, 6.07) is 9.37. The molecule has 1 aromatic heterocycles. The summed E-state index contributed by atoms with van der Waals surface area (Å²) in [6.45, 7) is 0. The Balaban J connectivity index is 1.62. The number of ether oxygens (including phenoxy) is 1. The van der Waals surface area contributed by atoms with E-state index in [9.17, 15) is 19.1 Å². The van der Waals surface area contributed by atoms with Gasteiger partial charge in [-0.15, -0.1) is 0 Å². The quantitative estimate of drug-likeness (QED) is 0.481. The summed E-state index contributed by atoms with van der Waals surface area (Å²) in [5.74, 6) is -1.95. The van der Waals surface area contributed by atoms with E-state index in [0.717, 1.165) is 25.7 Å². The first-order valence-corrected chi connectivity index (χ1v) is 11.1. The topological polar surface area (TPSA) is 80.0 Å². The van der Waals surface area contributed by atoms with Crippen LogP contribution in [-0.4, -0.2) is 34.8 Å². The number of carbonyl (C=O) groups is 2. The van der Waals surface area contributed by atoms with E-state index in [2.05, 4.69) is 0 Å². The molecule has 1 amide bonds. The van der Waals surface area contributed by atoms with Crippen molar-refractivity contribution in [3.63, 3.8) is 0 Å². The number of benzene rings is 2. The molecular weight excluding hydrogens is 449 g/mol. The number of amides is 1. The molecule has 0 bridgehead atoms. The van der Waals surface area contributed by atoms with Gasteiger partial charge < -0.3 is 19.2 Å². The molecule has 1 aliphatic heterocycles. The molecule has 1 saturated carbocycles. The van der Waals surface area contributed by atoms with Crippen molar-refractivity contribution in [3.8, 4) is 5.75 Å². The van der Waals surface area contributed by atoms with Gasteiger partial charge in [0.05, 0.1) is 18.7 Å². The molecule has 1 fully saturated rings. The zero-order chi connectivity index (χ0) is 23.3. The summed E-state index contributed by atoms with van der Waals surface area (Å²) in [6.07, 6.45) is 3.47. The Bertz CT molecular complexity index is 1290. The molecule has 3 aromatic rings. The van der Waals surface area contributed by atoms with Crippen LogP contribution in [0.25, 0.3) is 11.0 Å². The van der Waals surface area contributed by atoms with Crippen LogP contribution in [0.3, 0.4) is 0 Å². The van der Waals surface area contributed by atoms with Gasteiger partial charge in [-0.05, 0) is 42.7 Å². The molecule has 5 rings (SSSR count). The van der Waals surface area contributed by atoms with Crippen molar-refractivity contribution in [1.29, 1.82) is 0 Å². The Labute approximate surface area is 194 Å². The van der Waals surface area contributed by atoms with Gasteiger partial charge >= 0.3 is 0 Å². The first-order chi connectivity index (χ1) is 15.9. The van der Waals surface area contributed by atoms with Crippen LogP contribution in [0.4, 0.5) is 4.39 Å². The summed E-state index contributed by atoms with van der Waals surface area (Å²) in [4.78, 5) is 28.3. The molecule has 33 heavy (non-hydrogen) atoms. The van der Waals surface area contributed by atoms with Crippen LogP contribution in [0.5, 0.6) is 5.75 Å². The minimum absolute atomic E-state index is 0.0553. The standard InChI is InChI=1S/C25H21ClFNO5/c1-32-19-12-15(26)10-14-11-18(33-24(14)19)22(29)20-21(13-6-8-16(27)9-7-13)28(25(31)23(20)30)17-4-2-3-5-17/h6-12,17,21,30H,2-5H2,1H3. The fourth-order valence-electron chi connectivity index (χ4n) is 4.87. The lowest BCUT2D eigenvalue weighted by atomic mass is 9.94. The second-order valence-corrected chi connectivity index (χ2v) is 8.77.